The van der Waals surface area contributed by atoms with Crippen LogP contribution >= 0.6 is 0 Å². The van der Waals surface area contributed by atoms with Gasteiger partial charge in [-0.15, -0.1) is 0 Å². The number of rotatable bonds is 5. The molecule has 6 aliphatic rings. The number of nitrogens with zero attached hydrogens (tertiary/aromatic N) is 2. The maximum Gasteiger partial charge on any atom is 0.274 e. The van der Waals surface area contributed by atoms with Gasteiger partial charge in [0.1, 0.15) is 11.4 Å². The van der Waals surface area contributed by atoms with Crippen molar-refractivity contribution in [3.63, 3.8) is 0 Å². The molecule has 8 rings (SSSR count). The van der Waals surface area contributed by atoms with Crippen LogP contribution in [0, 0.1) is 23.2 Å². The number of benzene rings is 1. The Morgan fingerprint density at radius 3 is 2.41 bits per heavy atom. The molecule has 204 valence electrons. The lowest BCUT2D eigenvalue weighted by Crippen LogP contribution is -2.46. The summed E-state index contributed by atoms with van der Waals surface area (Å²) in [7, 11) is 1.71. The van der Waals surface area contributed by atoms with Crippen LogP contribution in [0.15, 0.2) is 42.2 Å². The zero-order chi connectivity index (χ0) is 26.8. The van der Waals surface area contributed by atoms with Crippen molar-refractivity contribution >= 4 is 29.1 Å². The molecule has 1 saturated heterocycles. The molecule has 1 spiro atoms. The van der Waals surface area contributed by atoms with Gasteiger partial charge in [-0.3, -0.25) is 19.1 Å². The first-order valence-corrected chi connectivity index (χ1v) is 14.2. The Labute approximate surface area is 227 Å². The molecule has 0 atom stereocenters. The quantitative estimate of drug-likeness (QED) is 0.509. The van der Waals surface area contributed by atoms with E-state index in [0.29, 0.717) is 55.2 Å². The Bertz CT molecular complexity index is 1350. The second-order valence-electron chi connectivity index (χ2n) is 12.5. The molecule has 4 saturated carbocycles. The fraction of sp³-hybridized carbons (Fsp3) is 0.533. The van der Waals surface area contributed by atoms with Crippen LogP contribution in [0.1, 0.15) is 67.4 Å². The van der Waals surface area contributed by atoms with Gasteiger partial charge in [-0.2, -0.15) is 5.10 Å². The van der Waals surface area contributed by atoms with Gasteiger partial charge in [0.05, 0.1) is 5.41 Å². The minimum atomic E-state index is -0.559. The minimum Gasteiger partial charge on any atom is -0.381 e. The molecular weight excluding hydrogens is 494 g/mol. The number of fused-ring (bicyclic) bond motifs is 2. The predicted octanol–water partition coefficient (Wildman–Crippen LogP) is 3.89. The van der Waals surface area contributed by atoms with Crippen LogP contribution in [-0.4, -0.2) is 40.7 Å². The number of nitrogens with one attached hydrogen (secondary N) is 3. The summed E-state index contributed by atoms with van der Waals surface area (Å²) >= 11 is 0. The molecule has 9 nitrogen and oxygen atoms in total. The molecule has 4 aliphatic carbocycles. The van der Waals surface area contributed by atoms with Crippen molar-refractivity contribution in [2.24, 2.45) is 30.2 Å². The number of aromatic nitrogens is 2. The van der Waals surface area contributed by atoms with E-state index in [9.17, 15) is 14.4 Å². The van der Waals surface area contributed by atoms with Gasteiger partial charge in [0.15, 0.2) is 0 Å². The third-order valence-electron chi connectivity index (χ3n) is 9.90. The van der Waals surface area contributed by atoms with E-state index in [1.54, 1.807) is 19.3 Å². The van der Waals surface area contributed by atoms with Gasteiger partial charge < -0.3 is 20.7 Å². The van der Waals surface area contributed by atoms with Crippen molar-refractivity contribution in [1.82, 2.24) is 15.1 Å². The molecule has 0 radical (unpaired) electrons. The van der Waals surface area contributed by atoms with E-state index < -0.39 is 5.41 Å². The number of carbonyl (C=O) groups excluding carboxylic acids is 3. The summed E-state index contributed by atoms with van der Waals surface area (Å²) in [6, 6.07) is 7.25. The zero-order valence-electron chi connectivity index (χ0n) is 22.3. The molecule has 3 N–H and O–H groups in total. The first-order chi connectivity index (χ1) is 18.8. The first kappa shape index (κ1) is 24.6. The van der Waals surface area contributed by atoms with Crippen molar-refractivity contribution in [1.29, 1.82) is 0 Å². The molecule has 9 heteroatoms. The van der Waals surface area contributed by atoms with Crippen molar-refractivity contribution in [2.75, 3.05) is 23.8 Å². The van der Waals surface area contributed by atoms with E-state index in [-0.39, 0.29) is 28.8 Å². The molecule has 3 heterocycles. The van der Waals surface area contributed by atoms with E-state index in [0.717, 1.165) is 30.5 Å². The van der Waals surface area contributed by atoms with Crippen LogP contribution in [0.25, 0.3) is 0 Å². The van der Waals surface area contributed by atoms with Crippen LogP contribution < -0.4 is 16.0 Å². The molecule has 2 aromatic rings. The number of ether oxygens (including phenoxy) is 1. The largest absolute Gasteiger partial charge is 0.381 e. The summed E-state index contributed by atoms with van der Waals surface area (Å²) in [5.41, 5.74) is 2.33. The van der Waals surface area contributed by atoms with Gasteiger partial charge in [-0.25, -0.2) is 0 Å². The third kappa shape index (κ3) is 4.18. The van der Waals surface area contributed by atoms with Crippen molar-refractivity contribution in [3.05, 3.63) is 53.5 Å². The minimum absolute atomic E-state index is 0.00452. The molecule has 1 aromatic carbocycles. The van der Waals surface area contributed by atoms with Gasteiger partial charge in [-0.1, -0.05) is 6.07 Å². The molecule has 2 aliphatic heterocycles. The van der Waals surface area contributed by atoms with Crippen molar-refractivity contribution in [3.8, 4) is 0 Å². The number of hydrogen-bond donors (Lipinski definition) is 3. The van der Waals surface area contributed by atoms with Crippen LogP contribution in [0.2, 0.25) is 0 Å². The van der Waals surface area contributed by atoms with E-state index in [2.05, 4.69) is 27.1 Å². The van der Waals surface area contributed by atoms with Crippen molar-refractivity contribution < 1.29 is 19.1 Å². The molecule has 0 unspecified atom stereocenters. The fourth-order valence-corrected chi connectivity index (χ4v) is 8.52. The van der Waals surface area contributed by atoms with Gasteiger partial charge in [0, 0.05) is 37.8 Å². The smallest absolute Gasteiger partial charge is 0.274 e. The van der Waals surface area contributed by atoms with E-state index in [1.165, 1.54) is 23.9 Å². The molecule has 1 aromatic heterocycles. The summed E-state index contributed by atoms with van der Waals surface area (Å²) in [5, 5.41) is 13.1. The normalized spacial score (nSPS) is 30.2. The number of anilines is 2. The van der Waals surface area contributed by atoms with Gasteiger partial charge in [-0.05, 0) is 104 Å². The van der Waals surface area contributed by atoms with Crippen molar-refractivity contribution in [2.45, 2.75) is 56.8 Å². The summed E-state index contributed by atoms with van der Waals surface area (Å²) in [6.45, 7) is 1.11. The highest BCUT2D eigenvalue weighted by atomic mass is 16.5. The highest BCUT2D eigenvalue weighted by Gasteiger charge is 2.50. The highest BCUT2D eigenvalue weighted by Crippen LogP contribution is 2.60. The SMILES string of the molecule is Cn1nccc1C(=O)NC(=CC12CC3CC(CC(C3)C1)C2)C(=O)Nc1ccc2c(c1)NC(=O)C21CCOCC1. The second kappa shape index (κ2) is 9.05. The number of amides is 3. The van der Waals surface area contributed by atoms with Gasteiger partial charge in [0.25, 0.3) is 11.8 Å². The Hall–Kier alpha value is -3.46. The standard InChI is InChI=1S/C30H35N5O4/c1-35-25(4-7-31-35)27(37)33-24(17-29-14-18-10-19(15-29)12-20(11-18)16-29)26(36)32-21-2-3-22-23(13-21)34-28(38)30(22)5-8-39-9-6-30/h2-4,7,13,17-20H,5-6,8-12,14-16H2,1H3,(H,32,36)(H,33,37)(H,34,38). The summed E-state index contributed by atoms with van der Waals surface area (Å²) in [5.74, 6) is 1.41. The maximum absolute atomic E-state index is 13.8. The lowest BCUT2D eigenvalue weighted by atomic mass is 9.49. The summed E-state index contributed by atoms with van der Waals surface area (Å²) < 4.78 is 7.01. The number of carbonyl (C=O) groups is 3. The van der Waals surface area contributed by atoms with E-state index in [4.69, 9.17) is 4.74 Å². The maximum atomic E-state index is 13.8. The molecular formula is C30H35N5O4. The summed E-state index contributed by atoms with van der Waals surface area (Å²) in [4.78, 5) is 39.9. The molecule has 5 fully saturated rings. The Kier molecular flexibility index (Phi) is 5.70. The molecule has 4 bridgehead atoms. The van der Waals surface area contributed by atoms with E-state index in [1.807, 2.05) is 18.2 Å². The fourth-order valence-electron chi connectivity index (χ4n) is 8.52. The number of allylic oxidation sites excluding steroid dienone is 1. The van der Waals surface area contributed by atoms with Gasteiger partial charge >= 0.3 is 0 Å². The lowest BCUT2D eigenvalue weighted by molar-refractivity contribution is -0.124. The predicted molar refractivity (Wildman–Crippen MR) is 145 cm³/mol. The number of hydrogen-bond acceptors (Lipinski definition) is 5. The zero-order valence-corrected chi connectivity index (χ0v) is 22.3. The third-order valence-corrected chi connectivity index (χ3v) is 9.90. The van der Waals surface area contributed by atoms with Crippen LogP contribution in [-0.2, 0) is 26.8 Å². The topological polar surface area (TPSA) is 114 Å². The lowest BCUT2D eigenvalue weighted by Gasteiger charge is -2.56. The summed E-state index contributed by atoms with van der Waals surface area (Å²) in [6.07, 6.45) is 12.1. The molecule has 3 amide bonds. The van der Waals surface area contributed by atoms with E-state index >= 15 is 0 Å². The van der Waals surface area contributed by atoms with Crippen LogP contribution in [0.5, 0.6) is 0 Å². The Morgan fingerprint density at radius 2 is 1.77 bits per heavy atom. The van der Waals surface area contributed by atoms with Gasteiger partial charge in [0.2, 0.25) is 5.91 Å². The Balaban J connectivity index is 1.17. The number of aryl methyl sites for hydroxylation is 1. The Morgan fingerprint density at radius 1 is 1.08 bits per heavy atom. The van der Waals surface area contributed by atoms with Crippen LogP contribution in [0.4, 0.5) is 11.4 Å². The molecule has 39 heavy (non-hydrogen) atoms. The monoisotopic (exact) mass is 529 g/mol. The average molecular weight is 530 g/mol. The second-order valence-corrected chi connectivity index (χ2v) is 12.5. The van der Waals surface area contributed by atoms with Crippen LogP contribution in [0.3, 0.4) is 0 Å². The average Bonchev–Trinajstić information content (AvgIpc) is 3.43. The first-order valence-electron chi connectivity index (χ1n) is 14.2. The highest BCUT2D eigenvalue weighted by molar-refractivity contribution is 6.10.